The number of rotatable bonds is 9. The van der Waals surface area contributed by atoms with Crippen molar-refractivity contribution >= 4 is 58.6 Å². The molecular formula is C19H17ClN4O2S3. The molecule has 3 rings (SSSR count). The minimum Gasteiger partial charge on any atom is -0.497 e. The highest BCUT2D eigenvalue weighted by atomic mass is 35.5. The van der Waals surface area contributed by atoms with E-state index in [2.05, 4.69) is 20.7 Å². The van der Waals surface area contributed by atoms with E-state index in [1.807, 2.05) is 48.5 Å². The predicted octanol–water partition coefficient (Wildman–Crippen LogP) is 4.73. The first-order chi connectivity index (χ1) is 14.1. The minimum atomic E-state index is -0.208. The normalized spacial score (nSPS) is 11.0. The molecule has 1 heterocycles. The first-order valence-corrected chi connectivity index (χ1v) is 11.6. The molecule has 2 aromatic carbocycles. The molecule has 0 aliphatic heterocycles. The fraction of sp³-hybridized carbons (Fsp3) is 0.158. The summed E-state index contributed by atoms with van der Waals surface area (Å²) in [6.07, 6.45) is 1.58. The molecule has 0 spiro atoms. The lowest BCUT2D eigenvalue weighted by molar-refractivity contribution is -0.118. The van der Waals surface area contributed by atoms with Gasteiger partial charge in [-0.3, -0.25) is 4.79 Å². The van der Waals surface area contributed by atoms with E-state index in [-0.39, 0.29) is 11.7 Å². The van der Waals surface area contributed by atoms with Crippen LogP contribution in [0.3, 0.4) is 0 Å². The third-order valence-corrected chi connectivity index (χ3v) is 7.15. The number of amides is 1. The summed E-state index contributed by atoms with van der Waals surface area (Å²) in [4.78, 5) is 11.9. The molecule has 150 valence electrons. The van der Waals surface area contributed by atoms with Crippen LogP contribution in [0.15, 0.2) is 62.3 Å². The van der Waals surface area contributed by atoms with Crippen LogP contribution in [-0.4, -0.2) is 35.2 Å². The van der Waals surface area contributed by atoms with E-state index in [1.54, 1.807) is 25.1 Å². The average molecular weight is 465 g/mol. The van der Waals surface area contributed by atoms with Gasteiger partial charge in [-0.05, 0) is 41.5 Å². The number of hydrogen-bond donors (Lipinski definition) is 1. The topological polar surface area (TPSA) is 76.5 Å². The van der Waals surface area contributed by atoms with Crippen LogP contribution in [0.4, 0.5) is 0 Å². The molecule has 10 heteroatoms. The van der Waals surface area contributed by atoms with Gasteiger partial charge in [-0.15, -0.1) is 10.2 Å². The number of methoxy groups -OCH3 is 1. The number of thioether (sulfide) groups is 2. The maximum absolute atomic E-state index is 11.9. The largest absolute Gasteiger partial charge is 0.497 e. The Labute approximate surface area is 186 Å². The number of carbonyl (C=O) groups is 1. The Morgan fingerprint density at radius 3 is 2.62 bits per heavy atom. The van der Waals surface area contributed by atoms with Crippen LogP contribution in [-0.2, 0) is 10.5 Å². The van der Waals surface area contributed by atoms with Gasteiger partial charge in [0, 0.05) is 10.8 Å². The zero-order chi connectivity index (χ0) is 20.5. The van der Waals surface area contributed by atoms with E-state index in [0.29, 0.717) is 0 Å². The molecule has 1 N–H and O–H groups in total. The van der Waals surface area contributed by atoms with Crippen LogP contribution >= 0.6 is 46.5 Å². The molecule has 0 saturated carbocycles. The van der Waals surface area contributed by atoms with Crippen molar-refractivity contribution < 1.29 is 9.53 Å². The summed E-state index contributed by atoms with van der Waals surface area (Å²) in [5, 5.41) is 13.0. The highest BCUT2D eigenvalue weighted by molar-refractivity contribution is 8.03. The fourth-order valence-corrected chi connectivity index (χ4v) is 5.20. The summed E-state index contributed by atoms with van der Waals surface area (Å²) in [5.41, 5.74) is 4.42. The SMILES string of the molecule is COc1ccc(C=NNC(=O)CSc2nnc(SCc3ccccc3Cl)s2)cc1. The van der Waals surface area contributed by atoms with Gasteiger partial charge >= 0.3 is 0 Å². The predicted molar refractivity (Wildman–Crippen MR) is 120 cm³/mol. The molecule has 0 fully saturated rings. The summed E-state index contributed by atoms with van der Waals surface area (Å²) in [6, 6.07) is 15.1. The Bertz CT molecular complexity index is 980. The van der Waals surface area contributed by atoms with Crippen molar-refractivity contribution in [3.05, 3.63) is 64.7 Å². The molecule has 0 unspecified atom stereocenters. The molecule has 1 aromatic heterocycles. The molecule has 29 heavy (non-hydrogen) atoms. The van der Waals surface area contributed by atoms with Crippen molar-refractivity contribution in [2.45, 2.75) is 14.4 Å². The first kappa shape index (κ1) is 21.6. The van der Waals surface area contributed by atoms with Gasteiger partial charge in [0.2, 0.25) is 0 Å². The summed E-state index contributed by atoms with van der Waals surface area (Å²) in [7, 11) is 1.61. The first-order valence-electron chi connectivity index (χ1n) is 8.42. The Morgan fingerprint density at radius 2 is 1.90 bits per heavy atom. The smallest absolute Gasteiger partial charge is 0.250 e. The number of halogens is 1. The Balaban J connectivity index is 1.41. The number of hydrogen-bond acceptors (Lipinski definition) is 8. The summed E-state index contributed by atoms with van der Waals surface area (Å²) < 4.78 is 6.67. The number of nitrogens with one attached hydrogen (secondary N) is 1. The van der Waals surface area contributed by atoms with Gasteiger partial charge in [-0.1, -0.05) is 64.7 Å². The molecule has 0 bridgehead atoms. The Morgan fingerprint density at radius 1 is 1.17 bits per heavy atom. The van der Waals surface area contributed by atoms with Crippen molar-refractivity contribution in [3.8, 4) is 5.75 Å². The lowest BCUT2D eigenvalue weighted by Crippen LogP contribution is -2.19. The highest BCUT2D eigenvalue weighted by Gasteiger charge is 2.09. The van der Waals surface area contributed by atoms with Gasteiger partial charge in [0.1, 0.15) is 5.75 Å². The lowest BCUT2D eigenvalue weighted by atomic mass is 10.2. The second kappa shape index (κ2) is 11.2. The molecule has 0 atom stereocenters. The Hall–Kier alpha value is -2.07. The summed E-state index contributed by atoms with van der Waals surface area (Å²) >= 11 is 10.5. The van der Waals surface area contributed by atoms with E-state index in [4.69, 9.17) is 16.3 Å². The van der Waals surface area contributed by atoms with Crippen LogP contribution in [0.5, 0.6) is 5.75 Å². The van der Waals surface area contributed by atoms with Crippen LogP contribution in [0.2, 0.25) is 5.02 Å². The van der Waals surface area contributed by atoms with E-state index < -0.39 is 0 Å². The van der Waals surface area contributed by atoms with E-state index in [0.717, 1.165) is 36.3 Å². The third-order valence-electron chi connectivity index (χ3n) is 3.54. The number of nitrogens with zero attached hydrogens (tertiary/aromatic N) is 3. The van der Waals surface area contributed by atoms with Crippen molar-refractivity contribution in [1.82, 2.24) is 15.6 Å². The maximum atomic E-state index is 11.9. The molecule has 6 nitrogen and oxygen atoms in total. The van der Waals surface area contributed by atoms with Gasteiger partial charge in [0.25, 0.3) is 5.91 Å². The molecule has 1 amide bonds. The Kier molecular flexibility index (Phi) is 8.36. The van der Waals surface area contributed by atoms with E-state index in [9.17, 15) is 4.79 Å². The van der Waals surface area contributed by atoms with Crippen LogP contribution in [0, 0.1) is 0 Å². The number of hydrazone groups is 1. The van der Waals surface area contributed by atoms with Crippen LogP contribution in [0.25, 0.3) is 0 Å². The lowest BCUT2D eigenvalue weighted by Gasteiger charge is -2.00. The number of ether oxygens (including phenoxy) is 1. The van der Waals surface area contributed by atoms with E-state index >= 15 is 0 Å². The van der Waals surface area contributed by atoms with E-state index in [1.165, 1.54) is 23.1 Å². The van der Waals surface area contributed by atoms with Crippen LogP contribution in [0.1, 0.15) is 11.1 Å². The molecule has 3 aromatic rings. The summed E-state index contributed by atoms with van der Waals surface area (Å²) in [6.45, 7) is 0. The molecule has 0 aliphatic rings. The van der Waals surface area contributed by atoms with Gasteiger partial charge in [0.15, 0.2) is 8.68 Å². The van der Waals surface area contributed by atoms with Gasteiger partial charge in [0.05, 0.1) is 19.1 Å². The number of benzene rings is 2. The fourth-order valence-electron chi connectivity index (χ4n) is 2.10. The van der Waals surface area contributed by atoms with Crippen molar-refractivity contribution in [2.24, 2.45) is 5.10 Å². The average Bonchev–Trinajstić information content (AvgIpc) is 3.20. The highest BCUT2D eigenvalue weighted by Crippen LogP contribution is 2.32. The zero-order valence-corrected chi connectivity index (χ0v) is 18.6. The van der Waals surface area contributed by atoms with Crippen LogP contribution < -0.4 is 10.2 Å². The van der Waals surface area contributed by atoms with Crippen molar-refractivity contribution in [3.63, 3.8) is 0 Å². The van der Waals surface area contributed by atoms with Gasteiger partial charge in [-0.25, -0.2) is 5.43 Å². The van der Waals surface area contributed by atoms with Crippen molar-refractivity contribution in [2.75, 3.05) is 12.9 Å². The molecule has 0 aliphatic carbocycles. The molecular weight excluding hydrogens is 448 g/mol. The quantitative estimate of drug-likeness (QED) is 0.280. The van der Waals surface area contributed by atoms with Gasteiger partial charge in [-0.2, -0.15) is 5.10 Å². The molecule has 0 radical (unpaired) electrons. The summed E-state index contributed by atoms with van der Waals surface area (Å²) in [5.74, 6) is 1.49. The standard InChI is InChI=1S/C19H17ClN4O2S3/c1-26-15-8-6-13(7-9-15)10-21-22-17(25)12-28-19-24-23-18(29-19)27-11-14-4-2-3-5-16(14)20/h2-10H,11-12H2,1H3,(H,22,25). The second-order valence-electron chi connectivity index (χ2n) is 5.57. The van der Waals surface area contributed by atoms with Crippen molar-refractivity contribution in [1.29, 1.82) is 0 Å². The number of aromatic nitrogens is 2. The maximum Gasteiger partial charge on any atom is 0.250 e. The number of carbonyl (C=O) groups excluding carboxylic acids is 1. The zero-order valence-electron chi connectivity index (χ0n) is 15.4. The van der Waals surface area contributed by atoms with Gasteiger partial charge < -0.3 is 4.74 Å². The monoisotopic (exact) mass is 464 g/mol. The third kappa shape index (κ3) is 7.04. The minimum absolute atomic E-state index is 0.208. The second-order valence-corrected chi connectivity index (χ2v) is 9.40. The molecule has 0 saturated heterocycles.